The first kappa shape index (κ1) is 71.1. The predicted octanol–water partition coefficient (Wildman–Crippen LogP) is 20.8. The number of carbonyl (C=O) groups excluding carboxylic acids is 2. The number of aliphatic hydroxyl groups is 2. The molecule has 0 fully saturated rings. The number of hydrogen-bond acceptors (Lipinski definition) is 5. The fourth-order valence-corrected chi connectivity index (χ4v) is 10.1. The van der Waals surface area contributed by atoms with Crippen molar-refractivity contribution in [1.82, 2.24) is 5.32 Å². The van der Waals surface area contributed by atoms with Crippen molar-refractivity contribution >= 4 is 11.9 Å². The Labute approximate surface area is 455 Å². The lowest BCUT2D eigenvalue weighted by Crippen LogP contribution is -2.45. The van der Waals surface area contributed by atoms with Gasteiger partial charge in [-0.25, -0.2) is 0 Å². The van der Waals surface area contributed by atoms with Crippen molar-refractivity contribution in [3.8, 4) is 0 Å². The van der Waals surface area contributed by atoms with Gasteiger partial charge in [-0.2, -0.15) is 0 Å². The van der Waals surface area contributed by atoms with Crippen LogP contribution in [0.1, 0.15) is 354 Å². The molecule has 430 valence electrons. The molecule has 0 aliphatic rings. The van der Waals surface area contributed by atoms with E-state index >= 15 is 0 Å². The average Bonchev–Trinajstić information content (AvgIpc) is 3.39. The highest BCUT2D eigenvalue weighted by atomic mass is 16.5. The van der Waals surface area contributed by atoms with Crippen LogP contribution in [0.4, 0.5) is 0 Å². The third-order valence-corrected chi connectivity index (χ3v) is 15.2. The number of rotatable bonds is 61. The van der Waals surface area contributed by atoms with Gasteiger partial charge in [-0.3, -0.25) is 9.59 Å². The molecule has 0 saturated carbocycles. The van der Waals surface area contributed by atoms with Crippen LogP contribution in [0.15, 0.2) is 36.5 Å². The third kappa shape index (κ3) is 59.2. The van der Waals surface area contributed by atoms with Crippen LogP contribution in [-0.2, 0) is 14.3 Å². The molecule has 2 atom stereocenters. The molecule has 73 heavy (non-hydrogen) atoms. The van der Waals surface area contributed by atoms with Gasteiger partial charge >= 0.3 is 5.97 Å². The highest BCUT2D eigenvalue weighted by Crippen LogP contribution is 2.18. The minimum Gasteiger partial charge on any atom is -0.466 e. The number of nitrogens with one attached hydrogen (secondary N) is 1. The second-order valence-electron chi connectivity index (χ2n) is 22.5. The predicted molar refractivity (Wildman–Crippen MR) is 319 cm³/mol. The van der Waals surface area contributed by atoms with Gasteiger partial charge in [0, 0.05) is 12.8 Å². The Morgan fingerprint density at radius 2 is 0.699 bits per heavy atom. The lowest BCUT2D eigenvalue weighted by molar-refractivity contribution is -0.143. The topological polar surface area (TPSA) is 95.9 Å². The number of allylic oxidation sites excluding steroid dienone is 5. The summed E-state index contributed by atoms with van der Waals surface area (Å²) in [5.74, 6) is -0.0627. The molecule has 0 rings (SSSR count). The van der Waals surface area contributed by atoms with Crippen molar-refractivity contribution in [2.45, 2.75) is 366 Å². The molecule has 0 aliphatic carbocycles. The molecular formula is C67H127NO5. The molecule has 0 saturated heterocycles. The van der Waals surface area contributed by atoms with E-state index in [2.05, 4.69) is 43.5 Å². The second kappa shape index (κ2) is 62.6. The Hall–Kier alpha value is -1.92. The molecule has 0 aromatic rings. The second-order valence-corrected chi connectivity index (χ2v) is 22.5. The maximum absolute atomic E-state index is 12.5. The maximum Gasteiger partial charge on any atom is 0.305 e. The van der Waals surface area contributed by atoms with Gasteiger partial charge in [0.05, 0.1) is 25.4 Å². The number of aliphatic hydroxyl groups excluding tert-OH is 2. The van der Waals surface area contributed by atoms with Crippen LogP contribution >= 0.6 is 0 Å². The zero-order chi connectivity index (χ0) is 52.9. The molecule has 0 heterocycles. The summed E-state index contributed by atoms with van der Waals surface area (Å²) >= 11 is 0. The van der Waals surface area contributed by atoms with Crippen LogP contribution in [-0.4, -0.2) is 47.4 Å². The summed E-state index contributed by atoms with van der Waals surface area (Å²) in [6, 6.07) is -0.627. The van der Waals surface area contributed by atoms with Crippen molar-refractivity contribution in [3.05, 3.63) is 36.5 Å². The largest absolute Gasteiger partial charge is 0.466 e. The minimum atomic E-state index is -0.844. The van der Waals surface area contributed by atoms with Crippen LogP contribution in [0.3, 0.4) is 0 Å². The van der Waals surface area contributed by atoms with E-state index < -0.39 is 12.1 Å². The Morgan fingerprint density at radius 3 is 1.08 bits per heavy atom. The van der Waals surface area contributed by atoms with E-state index in [-0.39, 0.29) is 18.5 Å². The lowest BCUT2D eigenvalue weighted by atomic mass is 10.0. The number of carbonyl (C=O) groups is 2. The number of unbranched alkanes of at least 4 members (excludes halogenated alkanes) is 46. The van der Waals surface area contributed by atoms with Gasteiger partial charge in [-0.15, -0.1) is 0 Å². The van der Waals surface area contributed by atoms with Gasteiger partial charge in [-0.1, -0.05) is 320 Å². The molecule has 1 amide bonds. The van der Waals surface area contributed by atoms with Crippen molar-refractivity contribution in [2.24, 2.45) is 0 Å². The first-order valence-corrected chi connectivity index (χ1v) is 32.8. The Kier molecular flexibility index (Phi) is 61.0. The Bertz CT molecular complexity index is 1180. The highest BCUT2D eigenvalue weighted by Gasteiger charge is 2.18. The summed E-state index contributed by atoms with van der Waals surface area (Å²) in [5, 5.41) is 23.2. The first-order valence-electron chi connectivity index (χ1n) is 32.8. The van der Waals surface area contributed by atoms with Gasteiger partial charge in [0.15, 0.2) is 0 Å². The number of amides is 1. The van der Waals surface area contributed by atoms with Crippen molar-refractivity contribution in [1.29, 1.82) is 0 Å². The summed E-state index contributed by atoms with van der Waals surface area (Å²) < 4.78 is 5.48. The monoisotopic (exact) mass is 1030 g/mol. The summed E-state index contributed by atoms with van der Waals surface area (Å²) in [4.78, 5) is 24.5. The number of hydrogen-bond donors (Lipinski definition) is 3. The fourth-order valence-electron chi connectivity index (χ4n) is 10.1. The molecular weight excluding hydrogens is 899 g/mol. The van der Waals surface area contributed by atoms with Gasteiger partial charge in [-0.05, 0) is 57.8 Å². The molecule has 0 spiro atoms. The smallest absolute Gasteiger partial charge is 0.305 e. The molecule has 6 heteroatoms. The fraction of sp³-hybridized carbons (Fsp3) is 0.881. The molecule has 0 aromatic carbocycles. The van der Waals surface area contributed by atoms with Gasteiger partial charge in [0.25, 0.3) is 0 Å². The van der Waals surface area contributed by atoms with E-state index in [1.54, 1.807) is 6.08 Å². The number of esters is 1. The van der Waals surface area contributed by atoms with E-state index in [4.69, 9.17) is 4.74 Å². The SMILES string of the molecule is CCCC/C=C\C/C=C\CCCCCCCC(=O)OCCCCCCCCCCCCCCCCCCCCCCCCCCCC(=O)NC(CO)C(O)/C=C/CCCCCCCCCCCCCCCCC. The van der Waals surface area contributed by atoms with Crippen LogP contribution in [0.25, 0.3) is 0 Å². The van der Waals surface area contributed by atoms with Crippen molar-refractivity contribution in [2.75, 3.05) is 13.2 Å². The zero-order valence-corrected chi connectivity index (χ0v) is 49.1. The Morgan fingerprint density at radius 1 is 0.384 bits per heavy atom. The standard InChI is InChI=1S/C67H127NO5/c1-3-5-7-9-11-13-15-17-19-29-32-35-39-43-47-51-55-59-65(70)64(63-69)68-66(71)60-56-52-48-44-40-36-33-30-27-25-23-21-20-22-24-26-28-31-34-38-42-46-50-54-58-62-73-67(72)61-57-53-49-45-41-37-18-16-14-12-10-8-6-4-2/h10,12,16,18,55,59,64-65,69-70H,3-9,11,13-15,17,19-54,56-58,60-63H2,1-2H3,(H,68,71)/b12-10-,18-16-,59-55+. The van der Waals surface area contributed by atoms with E-state index in [9.17, 15) is 19.8 Å². The quantitative estimate of drug-likeness (QED) is 0.0320. The van der Waals surface area contributed by atoms with Crippen LogP contribution in [0.5, 0.6) is 0 Å². The van der Waals surface area contributed by atoms with Gasteiger partial charge in [0.2, 0.25) is 5.91 Å². The first-order chi connectivity index (χ1) is 36.0. The molecule has 3 N–H and O–H groups in total. The molecule has 0 aliphatic heterocycles. The van der Waals surface area contributed by atoms with E-state index in [1.165, 1.54) is 276 Å². The van der Waals surface area contributed by atoms with Crippen LogP contribution < -0.4 is 5.32 Å². The normalized spacial score (nSPS) is 12.8. The van der Waals surface area contributed by atoms with Gasteiger partial charge in [0.1, 0.15) is 0 Å². The van der Waals surface area contributed by atoms with Crippen molar-refractivity contribution < 1.29 is 24.5 Å². The van der Waals surface area contributed by atoms with Gasteiger partial charge < -0.3 is 20.3 Å². The molecule has 2 unspecified atom stereocenters. The van der Waals surface area contributed by atoms with E-state index in [0.717, 1.165) is 51.4 Å². The molecule has 0 bridgehead atoms. The highest BCUT2D eigenvalue weighted by molar-refractivity contribution is 5.76. The zero-order valence-electron chi connectivity index (χ0n) is 49.1. The average molecular weight is 1030 g/mol. The summed E-state index contributed by atoms with van der Waals surface area (Å²) in [5.41, 5.74) is 0. The van der Waals surface area contributed by atoms with Crippen LogP contribution in [0.2, 0.25) is 0 Å². The molecule has 6 nitrogen and oxygen atoms in total. The summed E-state index contributed by atoms with van der Waals surface area (Å²) in [6.45, 7) is 4.88. The maximum atomic E-state index is 12.5. The molecule has 0 aromatic heterocycles. The van der Waals surface area contributed by atoms with Crippen LogP contribution in [0, 0.1) is 0 Å². The molecule has 0 radical (unpaired) electrons. The Balaban J connectivity index is 3.39. The van der Waals surface area contributed by atoms with Crippen molar-refractivity contribution in [3.63, 3.8) is 0 Å². The summed E-state index contributed by atoms with van der Waals surface area (Å²) in [7, 11) is 0. The van der Waals surface area contributed by atoms with E-state index in [0.29, 0.717) is 19.4 Å². The number of ether oxygens (including phenoxy) is 1. The minimum absolute atomic E-state index is 0.00145. The summed E-state index contributed by atoms with van der Waals surface area (Å²) in [6.07, 6.45) is 79.1. The third-order valence-electron chi connectivity index (χ3n) is 15.2. The lowest BCUT2D eigenvalue weighted by Gasteiger charge is -2.20. The van der Waals surface area contributed by atoms with E-state index in [1.807, 2.05) is 6.08 Å².